The first-order chi connectivity index (χ1) is 29.5. The van der Waals surface area contributed by atoms with Gasteiger partial charge in [-0.25, -0.2) is 4.79 Å². The second kappa shape index (κ2) is 27.9. The lowest BCUT2D eigenvalue weighted by Gasteiger charge is -2.30. The van der Waals surface area contributed by atoms with Gasteiger partial charge in [0.2, 0.25) is 53.2 Å². The molecule has 1 fully saturated rings. The highest BCUT2D eigenvalue weighted by molar-refractivity contribution is 7.80. The topological polar surface area (TPSA) is 405 Å². The zero-order valence-electron chi connectivity index (χ0n) is 33.8. The van der Waals surface area contributed by atoms with Gasteiger partial charge in [-0.3, -0.25) is 52.7 Å². The molecule has 29 heteroatoms. The number of carbonyl (C=O) groups excluding carboxylic acids is 9. The summed E-state index contributed by atoms with van der Waals surface area (Å²) in [5.41, 5.74) is 11.0. The Labute approximate surface area is 382 Å². The predicted octanol–water partition coefficient (Wildman–Crippen LogP) is -5.87. The summed E-state index contributed by atoms with van der Waals surface area (Å²) in [6.07, 6.45) is -2.08. The van der Waals surface area contributed by atoms with E-state index in [1.807, 2.05) is 0 Å². The van der Waals surface area contributed by atoms with Crippen LogP contribution in [0, 0.1) is 0 Å². The van der Waals surface area contributed by atoms with E-state index in [4.69, 9.17) is 21.7 Å². The van der Waals surface area contributed by atoms with Crippen molar-refractivity contribution in [2.24, 2.45) is 11.5 Å². The van der Waals surface area contributed by atoms with Crippen molar-refractivity contribution in [3.05, 3.63) is 0 Å². The highest BCUT2D eigenvalue weighted by Crippen LogP contribution is 2.19. The number of carboxylic acid groups (broad SMARTS) is 3. The van der Waals surface area contributed by atoms with Gasteiger partial charge >= 0.3 is 17.9 Å². The lowest BCUT2D eigenvalue weighted by molar-refractivity contribution is -0.142. The molecular formula is C34H54N10O15S4. The second-order valence-electron chi connectivity index (χ2n) is 14.0. The summed E-state index contributed by atoms with van der Waals surface area (Å²) in [4.78, 5) is 151. The minimum atomic E-state index is -1.68. The number of carboxylic acids is 3. The van der Waals surface area contributed by atoms with Crippen LogP contribution in [-0.4, -0.2) is 175 Å². The van der Waals surface area contributed by atoms with Crippen LogP contribution in [0.1, 0.15) is 51.9 Å². The van der Waals surface area contributed by atoms with Crippen molar-refractivity contribution < 1.29 is 72.9 Å². The molecule has 1 aliphatic heterocycles. The van der Waals surface area contributed by atoms with Crippen molar-refractivity contribution in [2.75, 3.05) is 29.6 Å². The van der Waals surface area contributed by atoms with Crippen molar-refractivity contribution in [1.82, 2.24) is 42.1 Å². The van der Waals surface area contributed by atoms with Gasteiger partial charge < -0.3 is 68.9 Å². The van der Waals surface area contributed by atoms with Gasteiger partial charge in [0.1, 0.15) is 48.3 Å². The molecule has 0 aromatic rings. The molecular weight excluding hydrogens is 917 g/mol. The average Bonchev–Trinajstić information content (AvgIpc) is 3.72. The first-order valence-electron chi connectivity index (χ1n) is 19.1. The van der Waals surface area contributed by atoms with E-state index in [1.165, 1.54) is 6.92 Å². The number of likely N-dealkylation sites (tertiary alicyclic amines) is 1. The molecule has 354 valence electrons. The third-order valence-corrected chi connectivity index (χ3v) is 10.6. The quantitative estimate of drug-likeness (QED) is 0.0325. The number of aliphatic carboxylic acids is 3. The fourth-order valence-electron chi connectivity index (χ4n) is 5.66. The van der Waals surface area contributed by atoms with E-state index in [2.05, 4.69) is 87.7 Å². The standard InChI is InChI=1S/C34H54N10O15S4/c1-14(26(50)39-17(9-23(36)45)29(53)40-19(11-61)31(55)43-21(13-63)34(58)59)37-30(54)18(10-60)41-32(56)22-3-2-8-44(22)33(57)20(12-62)42-28(52)16(5-7-25(48)49)38-27(51)15(35)4-6-24(46)47/h14-22,60-63H,2-13,35H2,1H3,(H2,36,45)(H,37,54)(H,38,51)(H,39,50)(H,40,53)(H,41,56)(H,42,52)(H,43,55)(H,46,47)(H,48,49)(H,58,59)/t14-,15-,16-,17-,18-,19-,20-,21-,22-/m0/s1. The van der Waals surface area contributed by atoms with E-state index < -0.39 is 151 Å². The van der Waals surface area contributed by atoms with Crippen LogP contribution in [0.25, 0.3) is 0 Å². The Morgan fingerprint density at radius 1 is 0.587 bits per heavy atom. The van der Waals surface area contributed by atoms with Crippen molar-refractivity contribution in [3.63, 3.8) is 0 Å². The number of hydrogen-bond acceptors (Lipinski definition) is 17. The maximum atomic E-state index is 13.7. The Balaban J connectivity index is 3.03. The molecule has 63 heavy (non-hydrogen) atoms. The number of rotatable bonds is 28. The molecule has 0 aromatic carbocycles. The summed E-state index contributed by atoms with van der Waals surface area (Å²) in [5.74, 6) is -13.7. The zero-order valence-corrected chi connectivity index (χ0v) is 37.4. The molecule has 0 aliphatic carbocycles. The summed E-state index contributed by atoms with van der Waals surface area (Å²) in [7, 11) is 0. The largest absolute Gasteiger partial charge is 0.481 e. The predicted molar refractivity (Wildman–Crippen MR) is 232 cm³/mol. The van der Waals surface area contributed by atoms with Gasteiger partial charge in [0.05, 0.1) is 12.5 Å². The molecule has 25 nitrogen and oxygen atoms in total. The lowest BCUT2D eigenvalue weighted by atomic mass is 10.1. The number of primary amides is 1. The minimum Gasteiger partial charge on any atom is -0.481 e. The average molecular weight is 971 g/mol. The van der Waals surface area contributed by atoms with Crippen LogP contribution in [-0.2, 0) is 57.5 Å². The molecule has 0 radical (unpaired) electrons. The van der Waals surface area contributed by atoms with Crippen LogP contribution in [0.15, 0.2) is 0 Å². The van der Waals surface area contributed by atoms with Gasteiger partial charge in [-0.2, -0.15) is 50.5 Å². The molecule has 0 bridgehead atoms. The van der Waals surface area contributed by atoms with Crippen molar-refractivity contribution in [2.45, 2.75) is 106 Å². The monoisotopic (exact) mass is 970 g/mol. The Bertz CT molecular complexity index is 1730. The normalized spacial score (nSPS) is 17.1. The molecule has 1 aliphatic rings. The van der Waals surface area contributed by atoms with E-state index in [0.717, 1.165) is 4.90 Å². The van der Waals surface area contributed by atoms with Gasteiger partial charge in [-0.05, 0) is 32.6 Å². The van der Waals surface area contributed by atoms with Crippen molar-refractivity contribution in [3.8, 4) is 0 Å². The van der Waals surface area contributed by atoms with Crippen molar-refractivity contribution in [1.29, 1.82) is 0 Å². The number of nitrogens with two attached hydrogens (primary N) is 2. The molecule has 9 amide bonds. The third kappa shape index (κ3) is 19.1. The van der Waals surface area contributed by atoms with Crippen LogP contribution in [0.5, 0.6) is 0 Å². The molecule has 0 saturated carbocycles. The van der Waals surface area contributed by atoms with Gasteiger partial charge in [-0.1, -0.05) is 0 Å². The molecule has 1 heterocycles. The molecule has 1 saturated heterocycles. The summed E-state index contributed by atoms with van der Waals surface area (Å²) in [6.45, 7) is 1.23. The summed E-state index contributed by atoms with van der Waals surface area (Å²) < 4.78 is 0. The number of hydrogen-bond donors (Lipinski definition) is 16. The molecule has 14 N–H and O–H groups in total. The maximum Gasteiger partial charge on any atom is 0.327 e. The molecule has 9 atom stereocenters. The Morgan fingerprint density at radius 3 is 1.56 bits per heavy atom. The third-order valence-electron chi connectivity index (χ3n) is 9.14. The summed E-state index contributed by atoms with van der Waals surface area (Å²) in [6, 6.07) is -12.8. The zero-order chi connectivity index (χ0) is 48.1. The Kier molecular flexibility index (Phi) is 24.8. The molecule has 0 spiro atoms. The fraction of sp³-hybridized carbons (Fsp3) is 0.647. The highest BCUT2D eigenvalue weighted by Gasteiger charge is 2.40. The summed E-state index contributed by atoms with van der Waals surface area (Å²) >= 11 is 16.1. The van der Waals surface area contributed by atoms with E-state index in [1.54, 1.807) is 0 Å². The highest BCUT2D eigenvalue weighted by atomic mass is 32.1. The van der Waals surface area contributed by atoms with E-state index in [-0.39, 0.29) is 42.4 Å². The van der Waals surface area contributed by atoms with Crippen LogP contribution in [0.4, 0.5) is 0 Å². The maximum absolute atomic E-state index is 13.7. The fourth-order valence-corrected chi connectivity index (χ4v) is 6.67. The number of amides is 9. The number of nitrogens with one attached hydrogen (secondary N) is 7. The first kappa shape index (κ1) is 56.0. The molecule has 0 unspecified atom stereocenters. The Morgan fingerprint density at radius 2 is 1.03 bits per heavy atom. The molecule has 0 aromatic heterocycles. The van der Waals surface area contributed by atoms with E-state index in [0.29, 0.717) is 6.42 Å². The summed E-state index contributed by atoms with van der Waals surface area (Å²) in [5, 5.41) is 43.3. The first-order valence-corrected chi connectivity index (χ1v) is 21.6. The van der Waals surface area contributed by atoms with Crippen LogP contribution in [0.3, 0.4) is 0 Å². The number of thiol groups is 4. The van der Waals surface area contributed by atoms with Gasteiger partial charge in [-0.15, -0.1) is 0 Å². The number of nitrogens with zero attached hydrogens (tertiary/aromatic N) is 1. The smallest absolute Gasteiger partial charge is 0.327 e. The van der Waals surface area contributed by atoms with Gasteiger partial charge in [0, 0.05) is 42.4 Å². The van der Waals surface area contributed by atoms with Crippen LogP contribution in [0.2, 0.25) is 0 Å². The Hall–Kier alpha value is -5.00. The molecule has 1 rings (SSSR count). The van der Waals surface area contributed by atoms with Gasteiger partial charge in [0.15, 0.2) is 0 Å². The van der Waals surface area contributed by atoms with Crippen molar-refractivity contribution >= 4 is 122 Å². The van der Waals surface area contributed by atoms with Crippen LogP contribution >= 0.6 is 50.5 Å². The van der Waals surface area contributed by atoms with E-state index in [9.17, 15) is 62.6 Å². The minimum absolute atomic E-state index is 0.0294. The van der Waals surface area contributed by atoms with E-state index >= 15 is 0 Å². The second-order valence-corrected chi connectivity index (χ2v) is 15.5. The van der Waals surface area contributed by atoms with Gasteiger partial charge in [0.25, 0.3) is 0 Å². The number of carbonyl (C=O) groups is 12. The SMILES string of the molecule is C[C@H](NC(=O)[C@H](CS)NC(=O)[C@@H]1CCCN1C(=O)[C@H](CS)NC(=O)[C@H](CCC(=O)O)NC(=O)[C@@H](N)CCC(=O)O)C(=O)N[C@@H](CC(N)=O)C(=O)N[C@@H](CS)C(=O)N[C@@H](CS)C(=O)O. The van der Waals surface area contributed by atoms with Crippen LogP contribution < -0.4 is 48.7 Å². The lowest BCUT2D eigenvalue weighted by Crippen LogP contribution is -2.60.